The Hall–Kier alpha value is -0.0800. The highest BCUT2D eigenvalue weighted by Gasteiger charge is 2.33. The fourth-order valence-electron chi connectivity index (χ4n) is 3.30. The van der Waals surface area contributed by atoms with E-state index in [0.717, 1.165) is 18.4 Å². The largest absolute Gasteiger partial charge is 0.326 e. The van der Waals surface area contributed by atoms with E-state index < -0.39 is 0 Å². The lowest BCUT2D eigenvalue weighted by molar-refractivity contribution is 0.279. The van der Waals surface area contributed by atoms with Gasteiger partial charge in [-0.3, -0.25) is 0 Å². The van der Waals surface area contributed by atoms with E-state index in [4.69, 9.17) is 5.73 Å². The van der Waals surface area contributed by atoms with Crippen LogP contribution in [0.1, 0.15) is 38.5 Å². The molecule has 0 aromatic carbocycles. The number of likely N-dealkylation sites (tertiary alicyclic amines) is 1. The van der Waals surface area contributed by atoms with Crippen molar-refractivity contribution in [1.29, 1.82) is 0 Å². The van der Waals surface area contributed by atoms with Crippen LogP contribution >= 0.6 is 0 Å². The summed E-state index contributed by atoms with van der Waals surface area (Å²) in [5.41, 5.74) is 6.21. The summed E-state index contributed by atoms with van der Waals surface area (Å²) >= 11 is 0. The quantitative estimate of drug-likeness (QED) is 0.648. The van der Waals surface area contributed by atoms with Gasteiger partial charge in [0.15, 0.2) is 0 Å². The molecule has 2 unspecified atom stereocenters. The van der Waals surface area contributed by atoms with Crippen LogP contribution in [0.25, 0.3) is 0 Å². The van der Waals surface area contributed by atoms with E-state index in [0.29, 0.717) is 6.04 Å². The second kappa shape index (κ2) is 4.63. The van der Waals surface area contributed by atoms with Crippen molar-refractivity contribution in [2.24, 2.45) is 17.6 Å². The molecule has 1 aliphatic heterocycles. The molecule has 0 radical (unpaired) electrons. The highest BCUT2D eigenvalue weighted by molar-refractivity contribution is 4.89. The van der Waals surface area contributed by atoms with Gasteiger partial charge in [0.25, 0.3) is 0 Å². The first-order valence-electron chi connectivity index (χ1n) is 6.21. The minimum absolute atomic E-state index is 0.447. The molecule has 2 N–H and O–H groups in total. The van der Waals surface area contributed by atoms with Crippen LogP contribution < -0.4 is 5.73 Å². The van der Waals surface area contributed by atoms with Crippen molar-refractivity contribution in [3.63, 3.8) is 0 Å². The summed E-state index contributed by atoms with van der Waals surface area (Å²) in [5, 5.41) is 0. The van der Waals surface area contributed by atoms with E-state index in [2.05, 4.69) is 11.9 Å². The zero-order valence-corrected chi connectivity index (χ0v) is 9.41. The lowest BCUT2D eigenvalue weighted by atomic mass is 9.83. The molecule has 0 spiro atoms. The van der Waals surface area contributed by atoms with E-state index in [1.807, 2.05) is 0 Å². The van der Waals surface area contributed by atoms with Crippen LogP contribution in [0.2, 0.25) is 0 Å². The third kappa shape index (κ3) is 2.29. The Balaban J connectivity index is 1.92. The Labute approximate surface area is 87.8 Å². The molecular formula is C12H24N2. The summed E-state index contributed by atoms with van der Waals surface area (Å²) in [6.45, 7) is 2.35. The number of nitrogens with two attached hydrogens (primary N) is 1. The van der Waals surface area contributed by atoms with Crippen LogP contribution in [0.5, 0.6) is 0 Å². The third-order valence-electron chi connectivity index (χ3n) is 4.10. The first-order valence-corrected chi connectivity index (χ1v) is 6.21. The predicted octanol–water partition coefficient (Wildman–Crippen LogP) is 1.85. The topological polar surface area (TPSA) is 29.3 Å². The van der Waals surface area contributed by atoms with Crippen molar-refractivity contribution in [3.05, 3.63) is 0 Å². The Morgan fingerprint density at radius 2 is 1.64 bits per heavy atom. The molecule has 0 aromatic heterocycles. The molecule has 14 heavy (non-hydrogen) atoms. The maximum atomic E-state index is 6.21. The van der Waals surface area contributed by atoms with Crippen LogP contribution in [0.15, 0.2) is 0 Å². The molecule has 0 amide bonds. The first kappa shape index (κ1) is 10.4. The molecule has 0 bridgehead atoms. The van der Waals surface area contributed by atoms with Crippen LogP contribution in [-0.2, 0) is 0 Å². The average molecular weight is 196 g/mol. The minimum Gasteiger partial charge on any atom is -0.326 e. The van der Waals surface area contributed by atoms with Crippen molar-refractivity contribution in [2.75, 3.05) is 20.1 Å². The van der Waals surface area contributed by atoms with Crippen LogP contribution in [0, 0.1) is 11.8 Å². The summed E-state index contributed by atoms with van der Waals surface area (Å²) in [6, 6.07) is 0.447. The van der Waals surface area contributed by atoms with Gasteiger partial charge in [-0.15, -0.1) is 0 Å². The van der Waals surface area contributed by atoms with Crippen molar-refractivity contribution in [3.8, 4) is 0 Å². The van der Waals surface area contributed by atoms with Gasteiger partial charge < -0.3 is 10.6 Å². The van der Waals surface area contributed by atoms with Crippen LogP contribution in [0.3, 0.4) is 0 Å². The minimum atomic E-state index is 0.447. The number of hydrogen-bond donors (Lipinski definition) is 1. The number of nitrogens with zero attached hydrogens (tertiary/aromatic N) is 1. The average Bonchev–Trinajstić information content (AvgIpc) is 2.43. The first-order chi connectivity index (χ1) is 6.77. The molecule has 2 nitrogen and oxygen atoms in total. The second-order valence-electron chi connectivity index (χ2n) is 5.30. The van der Waals surface area contributed by atoms with Crippen molar-refractivity contribution >= 4 is 0 Å². The summed E-state index contributed by atoms with van der Waals surface area (Å²) in [6.07, 6.45) is 8.66. The zero-order valence-electron chi connectivity index (χ0n) is 9.41. The zero-order chi connectivity index (χ0) is 9.97. The Morgan fingerprint density at radius 1 is 1.00 bits per heavy atom. The maximum Gasteiger partial charge on any atom is 0.0211 e. The standard InChI is InChI=1S/C12H24N2/c1-14-8-11(12(13)9-14)10-6-4-2-3-5-7-10/h10-12H,2-9,13H2,1H3. The van der Waals surface area contributed by atoms with Gasteiger partial charge in [-0.05, 0) is 18.9 Å². The van der Waals surface area contributed by atoms with E-state index in [1.54, 1.807) is 0 Å². The van der Waals surface area contributed by atoms with Crippen molar-refractivity contribution in [1.82, 2.24) is 4.90 Å². The Bertz CT molecular complexity index is 173. The number of hydrogen-bond acceptors (Lipinski definition) is 2. The van der Waals surface area contributed by atoms with E-state index in [-0.39, 0.29) is 0 Å². The van der Waals surface area contributed by atoms with Crippen molar-refractivity contribution in [2.45, 2.75) is 44.6 Å². The molecule has 2 fully saturated rings. The van der Waals surface area contributed by atoms with Gasteiger partial charge in [0.2, 0.25) is 0 Å². The van der Waals surface area contributed by atoms with E-state index >= 15 is 0 Å². The van der Waals surface area contributed by atoms with Gasteiger partial charge in [0.1, 0.15) is 0 Å². The number of rotatable bonds is 1. The van der Waals surface area contributed by atoms with Gasteiger partial charge in [0.05, 0.1) is 0 Å². The summed E-state index contributed by atoms with van der Waals surface area (Å²) in [7, 11) is 2.20. The molecule has 2 atom stereocenters. The molecule has 2 heteroatoms. The Morgan fingerprint density at radius 3 is 2.14 bits per heavy atom. The molecule has 2 rings (SSSR count). The van der Waals surface area contributed by atoms with Crippen LogP contribution in [-0.4, -0.2) is 31.1 Å². The van der Waals surface area contributed by atoms with Crippen molar-refractivity contribution < 1.29 is 0 Å². The second-order valence-corrected chi connectivity index (χ2v) is 5.30. The molecule has 1 aliphatic carbocycles. The SMILES string of the molecule is CN1CC(N)C(C2CCCCCC2)C1. The fourth-order valence-corrected chi connectivity index (χ4v) is 3.30. The molecule has 1 heterocycles. The predicted molar refractivity (Wildman–Crippen MR) is 60.2 cm³/mol. The van der Waals surface area contributed by atoms with Gasteiger partial charge >= 0.3 is 0 Å². The van der Waals surface area contributed by atoms with Gasteiger partial charge in [0, 0.05) is 19.1 Å². The van der Waals surface area contributed by atoms with Gasteiger partial charge in [-0.1, -0.05) is 38.5 Å². The molecule has 82 valence electrons. The summed E-state index contributed by atoms with van der Waals surface area (Å²) in [4.78, 5) is 2.40. The lowest BCUT2D eigenvalue weighted by Crippen LogP contribution is -2.33. The number of likely N-dealkylation sites (N-methyl/N-ethyl adjacent to an activating group) is 1. The molecule has 2 aliphatic rings. The highest BCUT2D eigenvalue weighted by Crippen LogP contribution is 2.33. The molecule has 1 saturated heterocycles. The normalized spacial score (nSPS) is 37.3. The lowest BCUT2D eigenvalue weighted by Gasteiger charge is -2.24. The monoisotopic (exact) mass is 196 g/mol. The van der Waals surface area contributed by atoms with E-state index in [1.165, 1.54) is 45.1 Å². The summed E-state index contributed by atoms with van der Waals surface area (Å²) in [5.74, 6) is 1.72. The molecule has 0 aromatic rings. The smallest absolute Gasteiger partial charge is 0.0211 e. The maximum absolute atomic E-state index is 6.21. The molecule has 1 saturated carbocycles. The van der Waals surface area contributed by atoms with Gasteiger partial charge in [-0.25, -0.2) is 0 Å². The van der Waals surface area contributed by atoms with Crippen LogP contribution in [0.4, 0.5) is 0 Å². The molecular weight excluding hydrogens is 172 g/mol. The highest BCUT2D eigenvalue weighted by atomic mass is 15.1. The summed E-state index contributed by atoms with van der Waals surface area (Å²) < 4.78 is 0. The van der Waals surface area contributed by atoms with E-state index in [9.17, 15) is 0 Å². The fraction of sp³-hybridized carbons (Fsp3) is 1.00. The van der Waals surface area contributed by atoms with Gasteiger partial charge in [-0.2, -0.15) is 0 Å². The Kier molecular flexibility index (Phi) is 3.45. The third-order valence-corrected chi connectivity index (χ3v) is 4.10.